The van der Waals surface area contributed by atoms with Gasteiger partial charge in [0.2, 0.25) is 17.7 Å². The van der Waals surface area contributed by atoms with E-state index in [0.29, 0.717) is 30.9 Å². The molecule has 1 aliphatic heterocycles. The maximum Gasteiger partial charge on any atom is 0.255 e. The maximum absolute atomic E-state index is 13.1. The summed E-state index contributed by atoms with van der Waals surface area (Å²) in [4.78, 5) is 51.2. The Kier molecular flexibility index (Phi) is 11.6. The molecule has 0 bridgehead atoms. The van der Waals surface area contributed by atoms with Gasteiger partial charge in [-0.3, -0.25) is 19.2 Å². The lowest BCUT2D eigenvalue weighted by atomic mass is 10.1. The van der Waals surface area contributed by atoms with Crippen LogP contribution in [0.3, 0.4) is 0 Å². The van der Waals surface area contributed by atoms with E-state index >= 15 is 0 Å². The molecule has 0 unspecified atom stereocenters. The number of carbonyl (C=O) groups is 4. The standard InChI is InChI=1S/C28H36N4O8/c1-3-39-23-11-10-18(15-24(23)38-2)7-6-12-29-27(36)20-16-25(34)31-21(17-33)28(37)30-13-14-40-22-9-5-4-8-19(22)26(35)32-20/h4-5,8-11,15,20-21,33H,3,6-7,12-14,16-17H2,1-2H3,(H,29,36)(H,30,37)(H,31,34)(H,32,35)/t20-,21-/m0/s1. The number of para-hydroxylation sites is 1. The predicted octanol–water partition coefficient (Wildman–Crippen LogP) is 0.317. The minimum atomic E-state index is -1.24. The third kappa shape index (κ3) is 8.60. The number of ether oxygens (including phenoxy) is 3. The van der Waals surface area contributed by atoms with Gasteiger partial charge in [0.25, 0.3) is 5.91 Å². The van der Waals surface area contributed by atoms with Gasteiger partial charge in [-0.25, -0.2) is 0 Å². The van der Waals surface area contributed by atoms with Crippen LogP contribution in [0, 0.1) is 0 Å². The van der Waals surface area contributed by atoms with Gasteiger partial charge in [-0.05, 0) is 49.6 Å². The number of fused-ring (bicyclic) bond motifs is 1. The highest BCUT2D eigenvalue weighted by Gasteiger charge is 2.28. The van der Waals surface area contributed by atoms with Crippen LogP contribution in [0.25, 0.3) is 0 Å². The van der Waals surface area contributed by atoms with Crippen molar-refractivity contribution in [1.82, 2.24) is 21.3 Å². The fraction of sp³-hybridized carbons (Fsp3) is 0.429. The van der Waals surface area contributed by atoms with Crippen molar-refractivity contribution in [2.75, 3.05) is 40.0 Å². The largest absolute Gasteiger partial charge is 0.493 e. The Labute approximate surface area is 232 Å². The Morgan fingerprint density at radius 1 is 1.12 bits per heavy atom. The Bertz CT molecular complexity index is 1190. The molecule has 4 amide bonds. The van der Waals surface area contributed by atoms with E-state index in [0.717, 1.165) is 5.56 Å². The highest BCUT2D eigenvalue weighted by Crippen LogP contribution is 2.28. The first-order valence-electron chi connectivity index (χ1n) is 13.1. The van der Waals surface area contributed by atoms with E-state index < -0.39 is 48.7 Å². The van der Waals surface area contributed by atoms with E-state index in [1.165, 1.54) is 6.07 Å². The number of amides is 4. The van der Waals surface area contributed by atoms with Crippen molar-refractivity contribution in [2.24, 2.45) is 0 Å². The number of hydrogen-bond donors (Lipinski definition) is 5. The third-order valence-electron chi connectivity index (χ3n) is 6.11. The number of carbonyl (C=O) groups excluding carboxylic acids is 4. The van der Waals surface area contributed by atoms with Gasteiger partial charge in [-0.1, -0.05) is 18.2 Å². The van der Waals surface area contributed by atoms with Crippen LogP contribution < -0.4 is 35.5 Å². The smallest absolute Gasteiger partial charge is 0.255 e. The molecule has 1 heterocycles. The summed E-state index contributed by atoms with van der Waals surface area (Å²) in [6.07, 6.45) is 0.776. The first kappa shape index (κ1) is 30.2. The number of aryl methyl sites for hydroxylation is 1. The minimum Gasteiger partial charge on any atom is -0.493 e. The molecular weight excluding hydrogens is 520 g/mol. The molecular formula is C28H36N4O8. The summed E-state index contributed by atoms with van der Waals surface area (Å²) in [6, 6.07) is 9.65. The second-order valence-corrected chi connectivity index (χ2v) is 8.98. The lowest BCUT2D eigenvalue weighted by molar-refractivity contribution is -0.131. The molecule has 216 valence electrons. The van der Waals surface area contributed by atoms with Crippen molar-refractivity contribution < 1.29 is 38.5 Å². The van der Waals surface area contributed by atoms with Crippen LogP contribution in [-0.4, -0.2) is 80.8 Å². The number of nitrogens with one attached hydrogen (secondary N) is 4. The molecule has 3 rings (SSSR count). The molecule has 0 radical (unpaired) electrons. The van der Waals surface area contributed by atoms with Crippen molar-refractivity contribution in [2.45, 2.75) is 38.3 Å². The number of rotatable bonds is 9. The molecule has 12 nitrogen and oxygen atoms in total. The summed E-state index contributed by atoms with van der Waals surface area (Å²) >= 11 is 0. The highest BCUT2D eigenvalue weighted by molar-refractivity contribution is 6.01. The molecule has 1 aliphatic rings. The second-order valence-electron chi connectivity index (χ2n) is 8.98. The Morgan fingerprint density at radius 2 is 1.93 bits per heavy atom. The van der Waals surface area contributed by atoms with E-state index in [4.69, 9.17) is 14.2 Å². The van der Waals surface area contributed by atoms with Gasteiger partial charge >= 0.3 is 0 Å². The molecule has 0 saturated heterocycles. The monoisotopic (exact) mass is 556 g/mol. The Balaban J connectivity index is 1.68. The number of aliphatic hydroxyl groups excluding tert-OH is 1. The molecule has 2 aromatic rings. The third-order valence-corrected chi connectivity index (χ3v) is 6.11. The maximum atomic E-state index is 13.1. The zero-order chi connectivity index (χ0) is 28.9. The zero-order valence-electron chi connectivity index (χ0n) is 22.7. The summed E-state index contributed by atoms with van der Waals surface area (Å²) in [6.45, 7) is 2.19. The quantitative estimate of drug-likeness (QED) is 0.276. The normalized spacial score (nSPS) is 18.1. The SMILES string of the molecule is CCOc1ccc(CCCNC(=O)[C@@H]2CC(=O)N[C@@H](CO)C(=O)NCCOc3ccccc3C(=O)N2)cc1OC. The van der Waals surface area contributed by atoms with Gasteiger partial charge in [0.15, 0.2) is 11.5 Å². The molecule has 12 heteroatoms. The van der Waals surface area contributed by atoms with E-state index in [-0.39, 0.29) is 31.0 Å². The topological polar surface area (TPSA) is 164 Å². The average Bonchev–Trinajstić information content (AvgIpc) is 2.96. The molecule has 0 fully saturated rings. The summed E-state index contributed by atoms with van der Waals surface area (Å²) in [5.74, 6) is -0.903. The van der Waals surface area contributed by atoms with Crippen molar-refractivity contribution >= 4 is 23.6 Å². The Morgan fingerprint density at radius 3 is 2.67 bits per heavy atom. The minimum absolute atomic E-state index is 0.0479. The van der Waals surface area contributed by atoms with Crippen LogP contribution in [-0.2, 0) is 20.8 Å². The lowest BCUT2D eigenvalue weighted by Gasteiger charge is -2.22. The first-order valence-corrected chi connectivity index (χ1v) is 13.1. The van der Waals surface area contributed by atoms with Gasteiger partial charge in [0.1, 0.15) is 24.4 Å². The van der Waals surface area contributed by atoms with Gasteiger partial charge in [-0.2, -0.15) is 0 Å². The molecule has 0 aromatic heterocycles. The zero-order valence-corrected chi connectivity index (χ0v) is 22.7. The van der Waals surface area contributed by atoms with Crippen LogP contribution in [0.4, 0.5) is 0 Å². The van der Waals surface area contributed by atoms with E-state index in [2.05, 4.69) is 21.3 Å². The molecule has 2 atom stereocenters. The molecule has 40 heavy (non-hydrogen) atoms. The van der Waals surface area contributed by atoms with Crippen molar-refractivity contribution in [3.8, 4) is 17.2 Å². The van der Waals surface area contributed by atoms with Crippen LogP contribution >= 0.6 is 0 Å². The van der Waals surface area contributed by atoms with Crippen LogP contribution in [0.5, 0.6) is 17.2 Å². The predicted molar refractivity (Wildman–Crippen MR) is 145 cm³/mol. The van der Waals surface area contributed by atoms with Crippen molar-refractivity contribution in [3.63, 3.8) is 0 Å². The number of aliphatic hydroxyl groups is 1. The van der Waals surface area contributed by atoms with E-state index in [1.54, 1.807) is 25.3 Å². The number of methoxy groups -OCH3 is 1. The summed E-state index contributed by atoms with van der Waals surface area (Å²) in [5, 5.41) is 19.9. The van der Waals surface area contributed by atoms with Crippen LogP contribution in [0.2, 0.25) is 0 Å². The van der Waals surface area contributed by atoms with Crippen LogP contribution in [0.1, 0.15) is 35.7 Å². The van der Waals surface area contributed by atoms with E-state index in [1.807, 2.05) is 25.1 Å². The highest BCUT2D eigenvalue weighted by atomic mass is 16.5. The summed E-state index contributed by atoms with van der Waals surface area (Å²) in [5.41, 5.74) is 1.17. The van der Waals surface area contributed by atoms with Crippen molar-refractivity contribution in [1.29, 1.82) is 0 Å². The van der Waals surface area contributed by atoms with Gasteiger partial charge in [-0.15, -0.1) is 0 Å². The molecule has 5 N–H and O–H groups in total. The number of hydrogen-bond acceptors (Lipinski definition) is 8. The van der Waals surface area contributed by atoms with Gasteiger partial charge in [0.05, 0.1) is 38.9 Å². The Hall–Kier alpha value is -4.32. The molecule has 0 aliphatic carbocycles. The molecule has 0 saturated carbocycles. The molecule has 0 spiro atoms. The fourth-order valence-electron chi connectivity index (χ4n) is 4.09. The van der Waals surface area contributed by atoms with Crippen molar-refractivity contribution in [3.05, 3.63) is 53.6 Å². The summed E-state index contributed by atoms with van der Waals surface area (Å²) < 4.78 is 16.6. The first-order chi connectivity index (χ1) is 19.4. The molecule has 2 aromatic carbocycles. The number of benzene rings is 2. The lowest BCUT2D eigenvalue weighted by Crippen LogP contribution is -2.53. The summed E-state index contributed by atoms with van der Waals surface area (Å²) in [7, 11) is 1.57. The fourth-order valence-corrected chi connectivity index (χ4v) is 4.09. The van der Waals surface area contributed by atoms with Crippen LogP contribution in [0.15, 0.2) is 42.5 Å². The van der Waals surface area contributed by atoms with Gasteiger partial charge in [0, 0.05) is 6.54 Å². The van der Waals surface area contributed by atoms with Gasteiger partial charge < -0.3 is 40.6 Å². The average molecular weight is 557 g/mol. The second kappa shape index (κ2) is 15.3. The van der Waals surface area contributed by atoms with E-state index in [9.17, 15) is 24.3 Å².